The Balaban J connectivity index is 1.56. The fourth-order valence-electron chi connectivity index (χ4n) is 9.24. The number of halogens is 3. The second kappa shape index (κ2) is 7.89. The van der Waals surface area contributed by atoms with Gasteiger partial charge in [-0.05, 0) is 111 Å². The average Bonchev–Trinajstić information content (AvgIpc) is 3.08. The van der Waals surface area contributed by atoms with Gasteiger partial charge in [0.25, 0.3) is 0 Å². The smallest absolute Gasteiger partial charge is 0.381 e. The lowest BCUT2D eigenvalue weighted by Gasteiger charge is -2.62. The van der Waals surface area contributed by atoms with Crippen LogP contribution in [0.15, 0.2) is 0 Å². The Morgan fingerprint density at radius 1 is 0.839 bits per heavy atom. The summed E-state index contributed by atoms with van der Waals surface area (Å²) in [5, 5.41) is 0. The highest BCUT2D eigenvalue weighted by Gasteiger charge is 2.66. The van der Waals surface area contributed by atoms with Gasteiger partial charge in [-0.1, -0.05) is 20.8 Å². The predicted molar refractivity (Wildman–Crippen MR) is 117 cm³/mol. The lowest BCUT2D eigenvalue weighted by atomic mass is 9.43. The Labute approximate surface area is 187 Å². The van der Waals surface area contributed by atoms with E-state index >= 15 is 0 Å². The maximum absolute atomic E-state index is 13.9. The third-order valence-corrected chi connectivity index (χ3v) is 11.4. The summed E-state index contributed by atoms with van der Waals surface area (Å²) in [6, 6.07) is 0. The van der Waals surface area contributed by atoms with Crippen molar-refractivity contribution in [3.63, 3.8) is 0 Å². The van der Waals surface area contributed by atoms with E-state index in [0.717, 1.165) is 18.8 Å². The van der Waals surface area contributed by atoms with Gasteiger partial charge in [0, 0.05) is 14.2 Å². The number of hydrogen-bond donors (Lipinski definition) is 0. The first kappa shape index (κ1) is 23.9. The summed E-state index contributed by atoms with van der Waals surface area (Å²) in [5.41, 5.74) is -1.55. The van der Waals surface area contributed by atoms with Crippen LogP contribution in [0.25, 0.3) is 0 Å². The molecule has 0 aromatic heterocycles. The van der Waals surface area contributed by atoms with Crippen molar-refractivity contribution >= 4 is 0 Å². The summed E-state index contributed by atoms with van der Waals surface area (Å²) in [4.78, 5) is 0. The van der Waals surface area contributed by atoms with E-state index in [4.69, 9.17) is 9.47 Å². The van der Waals surface area contributed by atoms with Gasteiger partial charge in [-0.15, -0.1) is 0 Å². The Morgan fingerprint density at radius 2 is 1.52 bits per heavy atom. The fraction of sp³-hybridized carbons (Fsp3) is 1.00. The molecule has 4 rings (SSSR count). The molecule has 0 heterocycles. The summed E-state index contributed by atoms with van der Waals surface area (Å²) in [6.45, 7) is 9.41. The zero-order valence-corrected chi connectivity index (χ0v) is 20.4. The highest BCUT2D eigenvalue weighted by molar-refractivity contribution is 5.12. The van der Waals surface area contributed by atoms with Gasteiger partial charge in [-0.3, -0.25) is 0 Å². The Morgan fingerprint density at radius 3 is 2.13 bits per heavy atom. The molecule has 0 aromatic carbocycles. The van der Waals surface area contributed by atoms with Gasteiger partial charge >= 0.3 is 6.18 Å². The summed E-state index contributed by atoms with van der Waals surface area (Å²) >= 11 is 0. The molecule has 4 aliphatic rings. The molecule has 4 saturated carbocycles. The first-order valence-corrected chi connectivity index (χ1v) is 12.6. The average molecular weight is 445 g/mol. The molecule has 10 atom stereocenters. The summed E-state index contributed by atoms with van der Waals surface area (Å²) in [5.74, 6) is 3.33. The van der Waals surface area contributed by atoms with Gasteiger partial charge < -0.3 is 9.47 Å². The number of fused-ring (bicyclic) bond motifs is 5. The Bertz CT molecular complexity index is 666. The summed E-state index contributed by atoms with van der Waals surface area (Å²) in [7, 11) is 3.08. The van der Waals surface area contributed by atoms with Gasteiger partial charge in [-0.25, -0.2) is 0 Å². The Kier molecular flexibility index (Phi) is 6.07. The lowest BCUT2D eigenvalue weighted by Crippen LogP contribution is -2.59. The van der Waals surface area contributed by atoms with Crippen LogP contribution in [0.4, 0.5) is 13.2 Å². The monoisotopic (exact) mass is 444 g/mol. The van der Waals surface area contributed by atoms with Crippen LogP contribution in [-0.4, -0.2) is 32.1 Å². The minimum absolute atomic E-state index is 0.0288. The molecule has 0 N–H and O–H groups in total. The molecule has 0 aliphatic heterocycles. The van der Waals surface area contributed by atoms with Crippen molar-refractivity contribution in [2.45, 2.75) is 103 Å². The van der Waals surface area contributed by atoms with E-state index < -0.39 is 11.8 Å². The molecule has 0 amide bonds. The molecule has 4 aliphatic carbocycles. The van der Waals surface area contributed by atoms with E-state index in [1.54, 1.807) is 0 Å². The van der Waals surface area contributed by atoms with Crippen LogP contribution in [0.1, 0.15) is 85.5 Å². The van der Waals surface area contributed by atoms with E-state index in [9.17, 15) is 13.2 Å². The highest BCUT2D eigenvalue weighted by atomic mass is 19.4. The second-order valence-electron chi connectivity index (χ2n) is 12.1. The van der Waals surface area contributed by atoms with Crippen LogP contribution in [0.5, 0.6) is 0 Å². The molecular formula is C26H43F3O2. The zero-order valence-electron chi connectivity index (χ0n) is 20.4. The SMILES string of the molecule is CO[C@H](C)[C@@H](C)[C@H]1CC[C@H]2[C@@H]3CC[C@@H]4C[C@@](OC)(C(F)(F)F)CC[C@]4(C)[C@H]3CC[C@]12C. The molecule has 5 heteroatoms. The van der Waals surface area contributed by atoms with Crippen LogP contribution < -0.4 is 0 Å². The molecule has 31 heavy (non-hydrogen) atoms. The van der Waals surface area contributed by atoms with Crippen LogP contribution in [0, 0.1) is 46.3 Å². The number of rotatable bonds is 4. The topological polar surface area (TPSA) is 18.5 Å². The summed E-state index contributed by atoms with van der Waals surface area (Å²) in [6.07, 6.45) is 3.92. The quantitative estimate of drug-likeness (QED) is 0.454. The first-order chi connectivity index (χ1) is 14.4. The molecule has 0 radical (unpaired) electrons. The van der Waals surface area contributed by atoms with Crippen molar-refractivity contribution in [2.24, 2.45) is 46.3 Å². The molecule has 2 nitrogen and oxygen atoms in total. The van der Waals surface area contributed by atoms with E-state index in [-0.39, 0.29) is 30.3 Å². The number of hydrogen-bond acceptors (Lipinski definition) is 2. The molecule has 0 unspecified atom stereocenters. The van der Waals surface area contributed by atoms with Crippen molar-refractivity contribution < 1.29 is 22.6 Å². The van der Waals surface area contributed by atoms with Crippen LogP contribution in [0.3, 0.4) is 0 Å². The minimum atomic E-state index is -4.28. The standard InChI is InChI=1S/C26H43F3O2/c1-16(17(2)30-5)20-9-10-21-19-8-7-18-15-25(31-6,26(27,28)29)14-13-23(18,3)22(19)11-12-24(20,21)4/h16-22H,7-15H2,1-6H3/t16-,17-,18-,19+,20-,21+,22+,23+,24-,25-/m1/s1. The maximum Gasteiger partial charge on any atom is 0.417 e. The predicted octanol–water partition coefficient (Wildman–Crippen LogP) is 7.26. The molecule has 0 saturated heterocycles. The van der Waals surface area contributed by atoms with Crippen molar-refractivity contribution in [2.75, 3.05) is 14.2 Å². The van der Waals surface area contributed by atoms with Gasteiger partial charge in [0.1, 0.15) is 0 Å². The van der Waals surface area contributed by atoms with Crippen LogP contribution in [-0.2, 0) is 9.47 Å². The molecule has 0 spiro atoms. The number of methoxy groups -OCH3 is 2. The van der Waals surface area contributed by atoms with Crippen molar-refractivity contribution in [1.29, 1.82) is 0 Å². The first-order valence-electron chi connectivity index (χ1n) is 12.6. The summed E-state index contributed by atoms with van der Waals surface area (Å²) < 4.78 is 52.6. The third kappa shape index (κ3) is 3.42. The van der Waals surface area contributed by atoms with Gasteiger partial charge in [0.05, 0.1) is 6.10 Å². The largest absolute Gasteiger partial charge is 0.417 e. The minimum Gasteiger partial charge on any atom is -0.381 e. The third-order valence-electron chi connectivity index (χ3n) is 11.4. The second-order valence-corrected chi connectivity index (χ2v) is 12.1. The number of ether oxygens (including phenoxy) is 2. The van der Waals surface area contributed by atoms with E-state index in [2.05, 4.69) is 27.7 Å². The van der Waals surface area contributed by atoms with Crippen LogP contribution in [0.2, 0.25) is 0 Å². The van der Waals surface area contributed by atoms with Gasteiger partial charge in [-0.2, -0.15) is 13.2 Å². The van der Waals surface area contributed by atoms with Crippen molar-refractivity contribution in [1.82, 2.24) is 0 Å². The van der Waals surface area contributed by atoms with Crippen LogP contribution >= 0.6 is 0 Å². The van der Waals surface area contributed by atoms with E-state index in [1.807, 2.05) is 7.11 Å². The normalized spacial score (nSPS) is 49.6. The zero-order chi connectivity index (χ0) is 22.8. The number of alkyl halides is 3. The van der Waals surface area contributed by atoms with E-state index in [0.29, 0.717) is 35.5 Å². The highest BCUT2D eigenvalue weighted by Crippen LogP contribution is 2.69. The van der Waals surface area contributed by atoms with E-state index in [1.165, 1.54) is 32.8 Å². The maximum atomic E-state index is 13.9. The Hall–Kier alpha value is -0.290. The van der Waals surface area contributed by atoms with Gasteiger partial charge in [0.15, 0.2) is 5.60 Å². The molecule has 0 bridgehead atoms. The molecule has 4 fully saturated rings. The van der Waals surface area contributed by atoms with Crippen molar-refractivity contribution in [3.8, 4) is 0 Å². The molecule has 0 aromatic rings. The fourth-order valence-corrected chi connectivity index (χ4v) is 9.24. The van der Waals surface area contributed by atoms with Crippen molar-refractivity contribution in [3.05, 3.63) is 0 Å². The lowest BCUT2D eigenvalue weighted by molar-refractivity contribution is -0.299. The molecule has 180 valence electrons. The molecular weight excluding hydrogens is 401 g/mol. The van der Waals surface area contributed by atoms with Gasteiger partial charge in [0.2, 0.25) is 0 Å².